The van der Waals surface area contributed by atoms with E-state index in [9.17, 15) is 9.18 Å². The third-order valence-corrected chi connectivity index (χ3v) is 4.46. The summed E-state index contributed by atoms with van der Waals surface area (Å²) >= 11 is 0. The average molecular weight is 393 g/mol. The maximum atomic E-state index is 13.2. The molecule has 0 aliphatic rings. The first kappa shape index (κ1) is 20.3. The molecule has 0 N–H and O–H groups in total. The summed E-state index contributed by atoms with van der Waals surface area (Å²) in [6.07, 6.45) is 0.888. The molecule has 2 aromatic carbocycles. The van der Waals surface area contributed by atoms with Crippen LogP contribution in [-0.4, -0.2) is 31.1 Å². The lowest BCUT2D eigenvalue weighted by molar-refractivity contribution is -0.124. The summed E-state index contributed by atoms with van der Waals surface area (Å²) in [7, 11) is 3.96. The number of amides is 1. The number of carbonyl (C=O) groups is 1. The Morgan fingerprint density at radius 1 is 1.03 bits per heavy atom. The van der Waals surface area contributed by atoms with Crippen molar-refractivity contribution in [1.29, 1.82) is 0 Å². The fourth-order valence-corrected chi connectivity index (χ4v) is 2.85. The number of carbonyl (C=O) groups excluding carboxylic acids is 1. The number of hydrogen-bond donors (Lipinski definition) is 0. The molecule has 0 radical (unpaired) electrons. The van der Waals surface area contributed by atoms with E-state index in [0.29, 0.717) is 18.1 Å². The molecule has 1 aromatic heterocycles. The molecule has 0 bridgehead atoms. The van der Waals surface area contributed by atoms with Crippen LogP contribution in [-0.2, 0) is 11.3 Å². The second kappa shape index (κ2) is 9.19. The smallest absolute Gasteiger partial charge is 0.269 e. The Labute approximate surface area is 170 Å². The molecule has 1 amide bonds. The first-order valence-corrected chi connectivity index (χ1v) is 9.35. The fraction of sp³-hybridized carbons (Fsp3) is 0.217. The van der Waals surface area contributed by atoms with Crippen LogP contribution in [0.5, 0.6) is 5.75 Å². The molecule has 150 valence electrons. The van der Waals surface area contributed by atoms with Gasteiger partial charge in [0.1, 0.15) is 17.4 Å². The highest BCUT2D eigenvalue weighted by Crippen LogP contribution is 2.20. The predicted molar refractivity (Wildman–Crippen MR) is 113 cm³/mol. The van der Waals surface area contributed by atoms with Crippen molar-refractivity contribution >= 4 is 17.4 Å². The van der Waals surface area contributed by atoms with Crippen molar-refractivity contribution in [3.8, 4) is 5.75 Å². The van der Waals surface area contributed by atoms with E-state index in [1.54, 1.807) is 30.2 Å². The first-order chi connectivity index (χ1) is 13.9. The number of hydrogen-bond acceptors (Lipinski definition) is 4. The summed E-state index contributed by atoms with van der Waals surface area (Å²) in [6, 6.07) is 19.0. The minimum absolute atomic E-state index is 0.232. The van der Waals surface area contributed by atoms with Gasteiger partial charge in [-0.1, -0.05) is 18.2 Å². The predicted octanol–water partition coefficient (Wildman–Crippen LogP) is 4.29. The zero-order chi connectivity index (χ0) is 20.8. The molecule has 29 heavy (non-hydrogen) atoms. The maximum Gasteiger partial charge on any atom is 0.269 e. The van der Waals surface area contributed by atoms with Gasteiger partial charge in [-0.3, -0.25) is 9.69 Å². The number of nitrogens with zero attached hydrogens (tertiary/aromatic N) is 3. The van der Waals surface area contributed by atoms with E-state index in [4.69, 9.17) is 4.74 Å². The van der Waals surface area contributed by atoms with Crippen LogP contribution >= 0.6 is 0 Å². The third kappa shape index (κ3) is 5.31. The molecule has 1 heterocycles. The molecule has 0 spiro atoms. The summed E-state index contributed by atoms with van der Waals surface area (Å²) in [5.74, 6) is 0.393. The molecular formula is C23H24FN3O2. The second-order valence-electron chi connectivity index (χ2n) is 6.89. The van der Waals surface area contributed by atoms with Gasteiger partial charge in [0.05, 0.1) is 6.54 Å². The van der Waals surface area contributed by atoms with E-state index in [2.05, 4.69) is 4.98 Å². The van der Waals surface area contributed by atoms with Gasteiger partial charge in [0.2, 0.25) is 0 Å². The number of pyridine rings is 1. The molecule has 1 atom stereocenters. The number of benzene rings is 2. The highest BCUT2D eigenvalue weighted by molar-refractivity contribution is 5.95. The van der Waals surface area contributed by atoms with E-state index in [-0.39, 0.29) is 11.7 Å². The highest BCUT2D eigenvalue weighted by Gasteiger charge is 2.24. The number of aromatic nitrogens is 1. The van der Waals surface area contributed by atoms with Crippen LogP contribution in [0.3, 0.4) is 0 Å². The Hall–Kier alpha value is -3.41. The SMILES string of the molecule is CC(Oc1ccc(F)cc1)C(=O)N(Cc1ccc(N(C)C)cc1)c1ccccn1. The first-order valence-electron chi connectivity index (χ1n) is 9.35. The van der Waals surface area contributed by atoms with Gasteiger partial charge in [-0.25, -0.2) is 9.37 Å². The highest BCUT2D eigenvalue weighted by atomic mass is 19.1. The van der Waals surface area contributed by atoms with E-state index >= 15 is 0 Å². The minimum atomic E-state index is -0.761. The van der Waals surface area contributed by atoms with Crippen molar-refractivity contribution in [3.05, 3.63) is 84.3 Å². The molecule has 3 aromatic rings. The van der Waals surface area contributed by atoms with Crippen LogP contribution in [0.4, 0.5) is 15.9 Å². The van der Waals surface area contributed by atoms with Crippen molar-refractivity contribution < 1.29 is 13.9 Å². The summed E-state index contributed by atoms with van der Waals surface area (Å²) < 4.78 is 18.8. The zero-order valence-corrected chi connectivity index (χ0v) is 16.7. The maximum absolute atomic E-state index is 13.2. The van der Waals surface area contributed by atoms with Crippen LogP contribution in [0, 0.1) is 5.82 Å². The van der Waals surface area contributed by atoms with Crippen molar-refractivity contribution in [2.45, 2.75) is 19.6 Å². The Morgan fingerprint density at radius 2 is 1.72 bits per heavy atom. The topological polar surface area (TPSA) is 45.7 Å². The van der Waals surface area contributed by atoms with Crippen LogP contribution in [0.15, 0.2) is 72.9 Å². The van der Waals surface area contributed by atoms with Crippen LogP contribution < -0.4 is 14.5 Å². The largest absolute Gasteiger partial charge is 0.481 e. The summed E-state index contributed by atoms with van der Waals surface area (Å²) in [5.41, 5.74) is 2.06. The fourth-order valence-electron chi connectivity index (χ4n) is 2.85. The summed E-state index contributed by atoms with van der Waals surface area (Å²) in [6.45, 7) is 2.04. The van der Waals surface area contributed by atoms with Crippen molar-refractivity contribution in [2.24, 2.45) is 0 Å². The van der Waals surface area contributed by atoms with E-state index in [0.717, 1.165) is 11.3 Å². The standard InChI is InChI=1S/C23H24FN3O2/c1-17(29-21-13-9-19(24)10-14-21)23(28)27(22-6-4-5-15-25-22)16-18-7-11-20(12-8-18)26(2)3/h4-15,17H,16H2,1-3H3. The normalized spacial score (nSPS) is 11.6. The summed E-state index contributed by atoms with van der Waals surface area (Å²) in [4.78, 5) is 21.1. The monoisotopic (exact) mass is 393 g/mol. The Bertz CT molecular complexity index is 929. The molecule has 5 nitrogen and oxygen atoms in total. The molecule has 0 saturated carbocycles. The third-order valence-electron chi connectivity index (χ3n) is 4.46. The molecular weight excluding hydrogens is 369 g/mol. The van der Waals surface area contributed by atoms with Crippen LogP contribution in [0.1, 0.15) is 12.5 Å². The zero-order valence-electron chi connectivity index (χ0n) is 16.7. The van der Waals surface area contributed by atoms with E-state index < -0.39 is 6.10 Å². The van der Waals surface area contributed by atoms with Crippen LogP contribution in [0.25, 0.3) is 0 Å². The molecule has 1 unspecified atom stereocenters. The molecule has 6 heteroatoms. The van der Waals surface area contributed by atoms with Gasteiger partial charge in [0.25, 0.3) is 5.91 Å². The van der Waals surface area contributed by atoms with Gasteiger partial charge in [-0.15, -0.1) is 0 Å². The van der Waals surface area contributed by atoms with Crippen LogP contribution in [0.2, 0.25) is 0 Å². The summed E-state index contributed by atoms with van der Waals surface area (Å²) in [5, 5.41) is 0. The molecule has 0 aliphatic heterocycles. The van der Waals surface area contributed by atoms with Gasteiger partial charge in [-0.05, 0) is 61.0 Å². The Kier molecular flexibility index (Phi) is 6.44. The molecule has 0 fully saturated rings. The lowest BCUT2D eigenvalue weighted by Gasteiger charge is -2.25. The van der Waals surface area contributed by atoms with Gasteiger partial charge in [-0.2, -0.15) is 0 Å². The number of rotatable bonds is 7. The van der Waals surface area contributed by atoms with Crippen molar-refractivity contribution in [2.75, 3.05) is 23.9 Å². The lowest BCUT2D eigenvalue weighted by Crippen LogP contribution is -2.40. The molecule has 3 rings (SSSR count). The Morgan fingerprint density at radius 3 is 2.31 bits per heavy atom. The Balaban J connectivity index is 1.81. The van der Waals surface area contributed by atoms with Gasteiger partial charge < -0.3 is 9.64 Å². The number of halogens is 1. The average Bonchev–Trinajstić information content (AvgIpc) is 2.74. The van der Waals surface area contributed by atoms with Gasteiger partial charge in [0, 0.05) is 26.0 Å². The van der Waals surface area contributed by atoms with Crippen molar-refractivity contribution in [1.82, 2.24) is 4.98 Å². The van der Waals surface area contributed by atoms with E-state index in [1.165, 1.54) is 24.3 Å². The quantitative estimate of drug-likeness (QED) is 0.601. The molecule has 0 aliphatic carbocycles. The van der Waals surface area contributed by atoms with Crippen molar-refractivity contribution in [3.63, 3.8) is 0 Å². The number of ether oxygens (including phenoxy) is 1. The molecule has 0 saturated heterocycles. The number of anilines is 2. The van der Waals surface area contributed by atoms with E-state index in [1.807, 2.05) is 49.3 Å². The van der Waals surface area contributed by atoms with Gasteiger partial charge >= 0.3 is 0 Å². The minimum Gasteiger partial charge on any atom is -0.481 e. The lowest BCUT2D eigenvalue weighted by atomic mass is 10.1. The second-order valence-corrected chi connectivity index (χ2v) is 6.89. The van der Waals surface area contributed by atoms with Gasteiger partial charge in [0.15, 0.2) is 6.10 Å².